The summed E-state index contributed by atoms with van der Waals surface area (Å²) in [6, 6.07) is 5.34. The van der Waals surface area contributed by atoms with Gasteiger partial charge in [0.1, 0.15) is 5.75 Å². The molecule has 2 aromatic rings. The van der Waals surface area contributed by atoms with Crippen molar-refractivity contribution in [1.29, 1.82) is 0 Å². The Bertz CT molecular complexity index is 620. The molecule has 2 rings (SSSR count). The summed E-state index contributed by atoms with van der Waals surface area (Å²) in [5, 5.41) is 9.89. The van der Waals surface area contributed by atoms with E-state index in [4.69, 9.17) is 9.84 Å². The highest BCUT2D eigenvalue weighted by atomic mass is 16.5. The molecule has 1 N–H and O–H groups in total. The Morgan fingerprint density at radius 1 is 1.28 bits per heavy atom. The molecule has 0 saturated heterocycles. The van der Waals surface area contributed by atoms with Crippen LogP contribution in [0.2, 0.25) is 0 Å². The minimum absolute atomic E-state index is 0.00852. The number of nitrogens with zero attached hydrogens (tertiary/aromatic N) is 1. The zero-order valence-corrected chi connectivity index (χ0v) is 10.7. The molecule has 0 atom stereocenters. The molecule has 0 radical (unpaired) electrons. The number of pyridine rings is 1. The van der Waals surface area contributed by atoms with Crippen molar-refractivity contribution in [3.05, 3.63) is 35.0 Å². The average molecular weight is 245 g/mol. The Kier molecular flexibility index (Phi) is 3.19. The highest BCUT2D eigenvalue weighted by Gasteiger charge is 2.12. The molecule has 0 bridgehead atoms. The van der Waals surface area contributed by atoms with Gasteiger partial charge in [-0.05, 0) is 44.0 Å². The summed E-state index contributed by atoms with van der Waals surface area (Å²) in [6.45, 7) is 6.35. The first-order valence-electron chi connectivity index (χ1n) is 5.81. The van der Waals surface area contributed by atoms with E-state index in [1.54, 1.807) is 0 Å². The number of aromatic nitrogens is 1. The third-order valence-electron chi connectivity index (χ3n) is 2.91. The number of hydrogen-bond donors (Lipinski definition) is 1. The Hall–Kier alpha value is -2.10. The molecule has 0 aliphatic heterocycles. The number of hydrogen-bond acceptors (Lipinski definition) is 3. The molecule has 4 nitrogen and oxygen atoms in total. The van der Waals surface area contributed by atoms with E-state index >= 15 is 0 Å². The molecule has 94 valence electrons. The molecule has 0 aliphatic carbocycles. The third kappa shape index (κ3) is 2.14. The van der Waals surface area contributed by atoms with Gasteiger partial charge in [-0.15, -0.1) is 0 Å². The van der Waals surface area contributed by atoms with Crippen LogP contribution < -0.4 is 4.74 Å². The topological polar surface area (TPSA) is 59.4 Å². The van der Waals surface area contributed by atoms with Gasteiger partial charge in [0.2, 0.25) is 0 Å². The predicted molar refractivity (Wildman–Crippen MR) is 69.3 cm³/mol. The monoisotopic (exact) mass is 245 g/mol. The van der Waals surface area contributed by atoms with E-state index in [2.05, 4.69) is 4.98 Å². The number of aromatic carboxylic acids is 1. The van der Waals surface area contributed by atoms with Crippen LogP contribution >= 0.6 is 0 Å². The second kappa shape index (κ2) is 4.64. The fraction of sp³-hybridized carbons (Fsp3) is 0.286. The van der Waals surface area contributed by atoms with Gasteiger partial charge in [-0.2, -0.15) is 0 Å². The molecule has 18 heavy (non-hydrogen) atoms. The molecule has 0 spiro atoms. The lowest BCUT2D eigenvalue weighted by molar-refractivity contribution is 0.0690. The van der Waals surface area contributed by atoms with Crippen LogP contribution in [0.1, 0.15) is 28.5 Å². The van der Waals surface area contributed by atoms with Gasteiger partial charge in [-0.25, -0.2) is 9.78 Å². The van der Waals surface area contributed by atoms with Crippen molar-refractivity contribution >= 4 is 16.9 Å². The summed E-state index contributed by atoms with van der Waals surface area (Å²) in [5.74, 6) is -0.473. The van der Waals surface area contributed by atoms with E-state index in [0.29, 0.717) is 17.9 Å². The number of aryl methyl sites for hydroxylation is 2. The number of carbonyl (C=O) groups is 1. The van der Waals surface area contributed by atoms with Crippen LogP contribution in [-0.4, -0.2) is 22.7 Å². The van der Waals surface area contributed by atoms with Gasteiger partial charge in [0.15, 0.2) is 5.69 Å². The number of fused-ring (bicyclic) bond motifs is 1. The summed E-state index contributed by atoms with van der Waals surface area (Å²) in [6.07, 6.45) is 0. The highest BCUT2D eigenvalue weighted by Crippen LogP contribution is 2.28. The number of carboxylic acid groups (broad SMARTS) is 1. The average Bonchev–Trinajstić information content (AvgIpc) is 2.31. The Labute approximate surface area is 105 Å². The summed E-state index contributed by atoms with van der Waals surface area (Å²) in [7, 11) is 0. The Balaban J connectivity index is 2.76. The Morgan fingerprint density at radius 3 is 2.56 bits per heavy atom. The van der Waals surface area contributed by atoms with Gasteiger partial charge < -0.3 is 9.84 Å². The van der Waals surface area contributed by atoms with E-state index in [-0.39, 0.29) is 5.69 Å². The smallest absolute Gasteiger partial charge is 0.354 e. The van der Waals surface area contributed by atoms with Gasteiger partial charge in [0.05, 0.1) is 12.1 Å². The first-order valence-corrected chi connectivity index (χ1v) is 5.81. The second-order valence-corrected chi connectivity index (χ2v) is 4.20. The molecule has 1 aromatic carbocycles. The van der Waals surface area contributed by atoms with Crippen LogP contribution in [0.4, 0.5) is 0 Å². The molecule has 0 amide bonds. The largest absolute Gasteiger partial charge is 0.493 e. The van der Waals surface area contributed by atoms with Crippen LogP contribution in [0.15, 0.2) is 18.2 Å². The number of rotatable bonds is 3. The van der Waals surface area contributed by atoms with Crippen molar-refractivity contribution < 1.29 is 14.6 Å². The molecule has 0 saturated carbocycles. The summed E-state index contributed by atoms with van der Waals surface area (Å²) in [5.41, 5.74) is 2.88. The summed E-state index contributed by atoms with van der Waals surface area (Å²) in [4.78, 5) is 15.2. The maximum atomic E-state index is 11.0. The molecule has 0 unspecified atom stereocenters. The summed E-state index contributed by atoms with van der Waals surface area (Å²) >= 11 is 0. The van der Waals surface area contributed by atoms with Crippen molar-refractivity contribution in [2.45, 2.75) is 20.8 Å². The molecular weight excluding hydrogens is 230 g/mol. The number of ether oxygens (including phenoxy) is 1. The van der Waals surface area contributed by atoms with Crippen LogP contribution in [-0.2, 0) is 0 Å². The van der Waals surface area contributed by atoms with Gasteiger partial charge in [-0.3, -0.25) is 0 Å². The van der Waals surface area contributed by atoms with E-state index in [9.17, 15) is 4.79 Å². The van der Waals surface area contributed by atoms with Crippen molar-refractivity contribution in [3.8, 4) is 5.75 Å². The lowest BCUT2D eigenvalue weighted by atomic mass is 10.1. The molecule has 4 heteroatoms. The minimum Gasteiger partial charge on any atom is -0.493 e. The zero-order chi connectivity index (χ0) is 13.3. The van der Waals surface area contributed by atoms with Gasteiger partial charge in [0, 0.05) is 11.5 Å². The minimum atomic E-state index is -1.05. The van der Waals surface area contributed by atoms with E-state index in [1.165, 1.54) is 6.07 Å². The van der Waals surface area contributed by atoms with E-state index in [1.807, 2.05) is 32.9 Å². The highest BCUT2D eigenvalue weighted by molar-refractivity contribution is 5.93. The van der Waals surface area contributed by atoms with Crippen LogP contribution in [0, 0.1) is 13.8 Å². The maximum absolute atomic E-state index is 11.0. The van der Waals surface area contributed by atoms with Gasteiger partial charge in [-0.1, -0.05) is 0 Å². The Morgan fingerprint density at radius 2 is 1.94 bits per heavy atom. The van der Waals surface area contributed by atoms with Crippen LogP contribution in [0.3, 0.4) is 0 Å². The van der Waals surface area contributed by atoms with Gasteiger partial charge in [0.25, 0.3) is 0 Å². The lowest BCUT2D eigenvalue weighted by Gasteiger charge is -2.10. The van der Waals surface area contributed by atoms with Crippen LogP contribution in [0.25, 0.3) is 10.9 Å². The predicted octanol–water partition coefficient (Wildman–Crippen LogP) is 2.95. The number of carboxylic acids is 1. The lowest BCUT2D eigenvalue weighted by Crippen LogP contribution is -2.03. The molecule has 0 aliphatic rings. The normalized spacial score (nSPS) is 10.6. The standard InChI is InChI=1S/C14H15NO3/c1-4-18-13-7-12(14(16)17)15-11-6-9(3)8(2)5-10(11)13/h5-7H,4H2,1-3H3,(H,16,17). The molecule has 0 fully saturated rings. The molecule has 1 aromatic heterocycles. The van der Waals surface area contributed by atoms with Gasteiger partial charge >= 0.3 is 5.97 Å². The molecule has 1 heterocycles. The fourth-order valence-corrected chi connectivity index (χ4v) is 1.84. The van der Waals surface area contributed by atoms with Crippen LogP contribution in [0.5, 0.6) is 5.75 Å². The fourth-order valence-electron chi connectivity index (χ4n) is 1.84. The SMILES string of the molecule is CCOc1cc(C(=O)O)nc2cc(C)c(C)cc12. The first kappa shape index (κ1) is 12.4. The van der Waals surface area contributed by atoms with E-state index < -0.39 is 5.97 Å². The summed E-state index contributed by atoms with van der Waals surface area (Å²) < 4.78 is 5.50. The van der Waals surface area contributed by atoms with Crippen molar-refractivity contribution in [2.24, 2.45) is 0 Å². The van der Waals surface area contributed by atoms with Crippen molar-refractivity contribution in [2.75, 3.05) is 6.61 Å². The van der Waals surface area contributed by atoms with Crippen molar-refractivity contribution in [1.82, 2.24) is 4.98 Å². The third-order valence-corrected chi connectivity index (χ3v) is 2.91. The van der Waals surface area contributed by atoms with Crippen molar-refractivity contribution in [3.63, 3.8) is 0 Å². The van der Waals surface area contributed by atoms with E-state index in [0.717, 1.165) is 16.5 Å². The molecular formula is C14H15NO3. The maximum Gasteiger partial charge on any atom is 0.354 e. The number of benzene rings is 1. The second-order valence-electron chi connectivity index (χ2n) is 4.20. The first-order chi connectivity index (χ1) is 8.52. The zero-order valence-electron chi connectivity index (χ0n) is 10.7. The quantitative estimate of drug-likeness (QED) is 0.903.